The first-order chi connectivity index (χ1) is 14.1. The maximum Gasteiger partial charge on any atom is 0.387 e. The molecule has 2 aliphatic rings. The molecular formula is C21H32F2IN3O3. The van der Waals surface area contributed by atoms with E-state index >= 15 is 0 Å². The van der Waals surface area contributed by atoms with Crippen LogP contribution < -0.4 is 10.1 Å². The monoisotopic (exact) mass is 539 g/mol. The van der Waals surface area contributed by atoms with Crippen LogP contribution in [-0.4, -0.2) is 63.0 Å². The zero-order chi connectivity index (χ0) is 20.5. The second-order valence-electron chi connectivity index (χ2n) is 7.43. The maximum absolute atomic E-state index is 12.4. The number of benzene rings is 1. The Hall–Kier alpha value is -1.20. The number of piperidine rings is 1. The maximum atomic E-state index is 12.4. The molecule has 0 amide bonds. The molecule has 2 fully saturated rings. The Morgan fingerprint density at radius 2 is 2.07 bits per heavy atom. The van der Waals surface area contributed by atoms with E-state index < -0.39 is 6.61 Å². The molecule has 0 aliphatic carbocycles. The van der Waals surface area contributed by atoms with E-state index in [1.54, 1.807) is 19.2 Å². The fourth-order valence-corrected chi connectivity index (χ4v) is 3.76. The van der Waals surface area contributed by atoms with Crippen molar-refractivity contribution in [1.82, 2.24) is 10.2 Å². The molecule has 0 spiro atoms. The average Bonchev–Trinajstić information content (AvgIpc) is 2.74. The highest BCUT2D eigenvalue weighted by atomic mass is 127. The number of ether oxygens (including phenoxy) is 3. The first-order valence-electron chi connectivity index (χ1n) is 10.4. The summed E-state index contributed by atoms with van der Waals surface area (Å²) in [5, 5.41) is 3.31. The minimum absolute atomic E-state index is 0. The second-order valence-corrected chi connectivity index (χ2v) is 7.43. The Labute approximate surface area is 194 Å². The smallest absolute Gasteiger partial charge is 0.387 e. The van der Waals surface area contributed by atoms with Crippen molar-refractivity contribution in [1.29, 1.82) is 0 Å². The van der Waals surface area contributed by atoms with Gasteiger partial charge in [-0.05, 0) is 49.8 Å². The van der Waals surface area contributed by atoms with Gasteiger partial charge < -0.3 is 24.4 Å². The van der Waals surface area contributed by atoms with Crippen molar-refractivity contribution in [3.63, 3.8) is 0 Å². The van der Waals surface area contributed by atoms with Gasteiger partial charge in [0, 0.05) is 33.3 Å². The molecule has 2 saturated heterocycles. The number of alkyl halides is 2. The number of guanidine groups is 1. The van der Waals surface area contributed by atoms with Crippen molar-refractivity contribution < 1.29 is 23.0 Å². The molecular weight excluding hydrogens is 507 g/mol. The van der Waals surface area contributed by atoms with Crippen molar-refractivity contribution in [3.05, 3.63) is 29.8 Å². The SMILES string of the molecule is CN=C(NCc1cccc(OC(F)F)c1)N1CCC(OCC2CCCCO2)CC1.I. The summed E-state index contributed by atoms with van der Waals surface area (Å²) in [6.45, 7) is 0.941. The number of rotatable bonds is 7. The number of hydrogen-bond acceptors (Lipinski definition) is 4. The fourth-order valence-electron chi connectivity index (χ4n) is 3.76. The highest BCUT2D eigenvalue weighted by Crippen LogP contribution is 2.19. The van der Waals surface area contributed by atoms with Gasteiger partial charge >= 0.3 is 6.61 Å². The molecule has 1 aromatic carbocycles. The third kappa shape index (κ3) is 8.14. The summed E-state index contributed by atoms with van der Waals surface area (Å²) in [5.41, 5.74) is 0.856. The number of nitrogens with zero attached hydrogens (tertiary/aromatic N) is 2. The normalized spacial score (nSPS) is 20.7. The van der Waals surface area contributed by atoms with Crippen LogP contribution in [0, 0.1) is 0 Å². The Bertz CT molecular complexity index is 652. The molecule has 2 heterocycles. The van der Waals surface area contributed by atoms with Crippen LogP contribution in [-0.2, 0) is 16.0 Å². The Morgan fingerprint density at radius 3 is 2.73 bits per heavy atom. The molecule has 2 aliphatic heterocycles. The Kier molecular flexibility index (Phi) is 11.1. The summed E-state index contributed by atoms with van der Waals surface area (Å²) < 4.78 is 41.0. The molecule has 6 nitrogen and oxygen atoms in total. The van der Waals surface area contributed by atoms with Gasteiger partial charge in [-0.25, -0.2) is 0 Å². The van der Waals surface area contributed by atoms with E-state index in [9.17, 15) is 8.78 Å². The summed E-state index contributed by atoms with van der Waals surface area (Å²) in [6.07, 6.45) is 5.89. The van der Waals surface area contributed by atoms with Crippen LogP contribution >= 0.6 is 24.0 Å². The molecule has 1 aromatic rings. The van der Waals surface area contributed by atoms with Crippen molar-refractivity contribution in [2.45, 2.75) is 57.5 Å². The largest absolute Gasteiger partial charge is 0.435 e. The van der Waals surface area contributed by atoms with Crippen molar-refractivity contribution in [2.75, 3.05) is 33.4 Å². The van der Waals surface area contributed by atoms with E-state index in [-0.39, 0.29) is 41.9 Å². The average molecular weight is 539 g/mol. The lowest BCUT2D eigenvalue weighted by molar-refractivity contribution is -0.0721. The highest BCUT2D eigenvalue weighted by molar-refractivity contribution is 14.0. The van der Waals surface area contributed by atoms with Gasteiger partial charge in [-0.15, -0.1) is 24.0 Å². The molecule has 30 heavy (non-hydrogen) atoms. The first kappa shape index (κ1) is 25.1. The molecule has 1 N–H and O–H groups in total. The number of hydrogen-bond donors (Lipinski definition) is 1. The molecule has 170 valence electrons. The van der Waals surface area contributed by atoms with E-state index in [4.69, 9.17) is 9.47 Å². The molecule has 0 aromatic heterocycles. The number of likely N-dealkylation sites (tertiary alicyclic amines) is 1. The third-order valence-electron chi connectivity index (χ3n) is 5.32. The summed E-state index contributed by atoms with van der Waals surface area (Å²) in [7, 11) is 1.75. The van der Waals surface area contributed by atoms with Crippen molar-refractivity contribution >= 4 is 29.9 Å². The van der Waals surface area contributed by atoms with Gasteiger partial charge in [0.05, 0.1) is 18.8 Å². The lowest BCUT2D eigenvalue weighted by atomic mass is 10.1. The zero-order valence-corrected chi connectivity index (χ0v) is 19.7. The van der Waals surface area contributed by atoms with Crippen LogP contribution in [0.2, 0.25) is 0 Å². The molecule has 1 atom stereocenters. The topological polar surface area (TPSA) is 55.3 Å². The quantitative estimate of drug-likeness (QED) is 0.322. The third-order valence-corrected chi connectivity index (χ3v) is 5.32. The number of halogens is 3. The molecule has 9 heteroatoms. The summed E-state index contributed by atoms with van der Waals surface area (Å²) in [6, 6.07) is 6.70. The van der Waals surface area contributed by atoms with Crippen LogP contribution in [0.1, 0.15) is 37.7 Å². The van der Waals surface area contributed by atoms with Gasteiger partial charge in [0.25, 0.3) is 0 Å². The first-order valence-corrected chi connectivity index (χ1v) is 10.4. The molecule has 3 rings (SSSR count). The zero-order valence-electron chi connectivity index (χ0n) is 17.4. The van der Waals surface area contributed by atoms with E-state index in [0.717, 1.165) is 56.9 Å². The van der Waals surface area contributed by atoms with Gasteiger partial charge in [-0.3, -0.25) is 4.99 Å². The van der Waals surface area contributed by atoms with Gasteiger partial charge in [-0.2, -0.15) is 8.78 Å². The fraction of sp³-hybridized carbons (Fsp3) is 0.667. The lowest BCUT2D eigenvalue weighted by Crippen LogP contribution is -2.47. The van der Waals surface area contributed by atoms with E-state index in [1.165, 1.54) is 12.5 Å². The predicted octanol–water partition coefficient (Wildman–Crippen LogP) is 4.03. The van der Waals surface area contributed by atoms with Gasteiger partial charge in [0.2, 0.25) is 0 Å². The molecule has 1 unspecified atom stereocenters. The number of aliphatic imine (C=N–C) groups is 1. The molecule has 0 radical (unpaired) electrons. The highest BCUT2D eigenvalue weighted by Gasteiger charge is 2.23. The lowest BCUT2D eigenvalue weighted by Gasteiger charge is -2.35. The van der Waals surface area contributed by atoms with E-state index in [0.29, 0.717) is 13.2 Å². The summed E-state index contributed by atoms with van der Waals surface area (Å²) in [4.78, 5) is 6.57. The van der Waals surface area contributed by atoms with E-state index in [1.807, 2.05) is 6.07 Å². The van der Waals surface area contributed by atoms with Gasteiger partial charge in [0.15, 0.2) is 5.96 Å². The van der Waals surface area contributed by atoms with Crippen LogP contribution in [0.5, 0.6) is 5.75 Å². The Morgan fingerprint density at radius 1 is 1.27 bits per heavy atom. The van der Waals surface area contributed by atoms with Gasteiger partial charge in [0.1, 0.15) is 5.75 Å². The molecule has 0 bridgehead atoms. The standard InChI is InChI=1S/C21H31F2N3O3.HI/c1-24-21(25-14-16-5-4-7-18(13-16)29-20(22)23)26-10-8-17(9-11-26)28-15-19-6-2-3-12-27-19;/h4-5,7,13,17,19-20H,2-3,6,8-12,14-15H2,1H3,(H,24,25);1H. The van der Waals surface area contributed by atoms with Crippen molar-refractivity contribution in [3.8, 4) is 5.75 Å². The second kappa shape index (κ2) is 13.3. The van der Waals surface area contributed by atoms with Crippen LogP contribution in [0.4, 0.5) is 8.78 Å². The van der Waals surface area contributed by atoms with Crippen LogP contribution in [0.25, 0.3) is 0 Å². The van der Waals surface area contributed by atoms with Gasteiger partial charge in [-0.1, -0.05) is 12.1 Å². The Balaban J connectivity index is 0.00000320. The van der Waals surface area contributed by atoms with Crippen LogP contribution in [0.15, 0.2) is 29.3 Å². The minimum Gasteiger partial charge on any atom is -0.435 e. The molecule has 0 saturated carbocycles. The van der Waals surface area contributed by atoms with E-state index in [2.05, 4.69) is 19.9 Å². The summed E-state index contributed by atoms with van der Waals surface area (Å²) >= 11 is 0. The van der Waals surface area contributed by atoms with Crippen LogP contribution in [0.3, 0.4) is 0 Å². The number of nitrogens with one attached hydrogen (secondary N) is 1. The minimum atomic E-state index is -2.82. The van der Waals surface area contributed by atoms with Crippen molar-refractivity contribution in [2.24, 2.45) is 4.99 Å². The summed E-state index contributed by atoms with van der Waals surface area (Å²) in [5.74, 6) is 0.966. The predicted molar refractivity (Wildman–Crippen MR) is 123 cm³/mol.